The molecule has 1 fully saturated rings. The van der Waals surface area contributed by atoms with Gasteiger partial charge in [0.15, 0.2) is 6.61 Å². The first-order chi connectivity index (χ1) is 13.3. The Morgan fingerprint density at radius 1 is 1.07 bits per heavy atom. The van der Waals surface area contributed by atoms with E-state index in [0.717, 1.165) is 5.56 Å². The molecule has 0 aliphatic carbocycles. The van der Waals surface area contributed by atoms with E-state index >= 15 is 0 Å². The molecule has 2 aromatic carbocycles. The van der Waals surface area contributed by atoms with Crippen molar-refractivity contribution in [2.45, 2.75) is 18.7 Å². The van der Waals surface area contributed by atoms with Crippen LogP contribution in [-0.4, -0.2) is 56.3 Å². The third-order valence-corrected chi connectivity index (χ3v) is 6.76. The summed E-state index contributed by atoms with van der Waals surface area (Å²) < 4.78 is 45.7. The van der Waals surface area contributed by atoms with Gasteiger partial charge in [0, 0.05) is 32.2 Å². The number of nitrogens with zero attached hydrogens (tertiary/aromatic N) is 2. The van der Waals surface area contributed by atoms with E-state index in [1.165, 1.54) is 22.5 Å². The Labute approximate surface area is 164 Å². The molecule has 0 radical (unpaired) electrons. The number of aryl methyl sites for hydroxylation is 2. The summed E-state index contributed by atoms with van der Waals surface area (Å²) in [5.41, 5.74) is 1.71. The van der Waals surface area contributed by atoms with Gasteiger partial charge < -0.3 is 9.64 Å². The van der Waals surface area contributed by atoms with E-state index in [1.807, 2.05) is 13.0 Å². The fourth-order valence-electron chi connectivity index (χ4n) is 3.20. The van der Waals surface area contributed by atoms with E-state index in [1.54, 1.807) is 30.0 Å². The lowest BCUT2D eigenvalue weighted by Gasteiger charge is -2.34. The Morgan fingerprint density at radius 3 is 2.43 bits per heavy atom. The molecule has 0 atom stereocenters. The first-order valence-electron chi connectivity index (χ1n) is 9.01. The maximum absolute atomic E-state index is 13.2. The minimum Gasteiger partial charge on any atom is -0.484 e. The van der Waals surface area contributed by atoms with Gasteiger partial charge in [0.2, 0.25) is 10.0 Å². The fourth-order valence-corrected chi connectivity index (χ4v) is 4.83. The monoisotopic (exact) mass is 406 g/mol. The number of hydrogen-bond donors (Lipinski definition) is 0. The normalized spacial score (nSPS) is 15.5. The van der Waals surface area contributed by atoms with E-state index in [4.69, 9.17) is 4.74 Å². The molecule has 0 unspecified atom stereocenters. The third kappa shape index (κ3) is 4.51. The van der Waals surface area contributed by atoms with Crippen LogP contribution in [0.1, 0.15) is 11.1 Å². The van der Waals surface area contributed by atoms with Crippen molar-refractivity contribution in [2.24, 2.45) is 0 Å². The molecular formula is C20H23FN2O4S. The average molecular weight is 406 g/mol. The largest absolute Gasteiger partial charge is 0.484 e. The zero-order chi connectivity index (χ0) is 20.3. The third-order valence-electron chi connectivity index (χ3n) is 4.70. The molecular weight excluding hydrogens is 383 g/mol. The molecule has 3 rings (SSSR count). The molecule has 1 aliphatic heterocycles. The lowest BCUT2D eigenvalue weighted by Crippen LogP contribution is -2.51. The molecule has 150 valence electrons. The SMILES string of the molecule is Cc1ccc(S(=O)(=O)N2CCN(C(=O)COc3cccc(F)c3)CC2)c(C)c1. The highest BCUT2D eigenvalue weighted by Gasteiger charge is 2.31. The first-order valence-corrected chi connectivity index (χ1v) is 10.4. The quantitative estimate of drug-likeness (QED) is 0.765. The second kappa shape index (κ2) is 8.28. The first kappa shape index (κ1) is 20.3. The molecule has 1 saturated heterocycles. The second-order valence-corrected chi connectivity index (χ2v) is 8.71. The summed E-state index contributed by atoms with van der Waals surface area (Å²) in [4.78, 5) is 14.2. The topological polar surface area (TPSA) is 66.9 Å². The summed E-state index contributed by atoms with van der Waals surface area (Å²) in [7, 11) is -3.60. The van der Waals surface area contributed by atoms with Crippen LogP contribution in [0.5, 0.6) is 5.75 Å². The van der Waals surface area contributed by atoms with Crippen molar-refractivity contribution in [3.8, 4) is 5.75 Å². The van der Waals surface area contributed by atoms with Crippen LogP contribution < -0.4 is 4.74 Å². The Hall–Kier alpha value is -2.45. The highest BCUT2D eigenvalue weighted by Crippen LogP contribution is 2.22. The second-order valence-electron chi connectivity index (χ2n) is 6.80. The number of ether oxygens (including phenoxy) is 1. The van der Waals surface area contributed by atoms with Crippen molar-refractivity contribution in [1.29, 1.82) is 0 Å². The number of sulfonamides is 1. The predicted octanol–water partition coefficient (Wildman–Crippen LogP) is 2.35. The van der Waals surface area contributed by atoms with Gasteiger partial charge in [0.05, 0.1) is 4.90 Å². The van der Waals surface area contributed by atoms with Crippen molar-refractivity contribution in [2.75, 3.05) is 32.8 Å². The van der Waals surface area contributed by atoms with Crippen molar-refractivity contribution in [3.05, 3.63) is 59.4 Å². The number of piperazine rings is 1. The predicted molar refractivity (Wildman–Crippen MR) is 103 cm³/mol. The molecule has 28 heavy (non-hydrogen) atoms. The van der Waals surface area contributed by atoms with Gasteiger partial charge in [-0.3, -0.25) is 4.79 Å². The lowest BCUT2D eigenvalue weighted by atomic mass is 10.2. The summed E-state index contributed by atoms with van der Waals surface area (Å²) in [5.74, 6) is -0.410. The number of hydrogen-bond acceptors (Lipinski definition) is 4. The van der Waals surface area contributed by atoms with Gasteiger partial charge in [0.1, 0.15) is 11.6 Å². The minimum absolute atomic E-state index is 0.215. The van der Waals surface area contributed by atoms with E-state index in [2.05, 4.69) is 0 Å². The maximum atomic E-state index is 13.2. The lowest BCUT2D eigenvalue weighted by molar-refractivity contribution is -0.134. The molecule has 0 aromatic heterocycles. The minimum atomic E-state index is -3.60. The van der Waals surface area contributed by atoms with Gasteiger partial charge in [-0.2, -0.15) is 4.31 Å². The Bertz CT molecular complexity index is 970. The molecule has 0 bridgehead atoms. The standard InChI is InChI=1S/C20H23FN2O4S/c1-15-6-7-19(16(2)12-15)28(25,26)23-10-8-22(9-11-23)20(24)14-27-18-5-3-4-17(21)13-18/h3-7,12-13H,8-11,14H2,1-2H3. The van der Waals surface area contributed by atoms with Crippen molar-refractivity contribution in [3.63, 3.8) is 0 Å². The highest BCUT2D eigenvalue weighted by atomic mass is 32.2. The smallest absolute Gasteiger partial charge is 0.260 e. The van der Waals surface area contributed by atoms with Gasteiger partial charge in [-0.15, -0.1) is 0 Å². The average Bonchev–Trinajstić information content (AvgIpc) is 2.66. The summed E-state index contributed by atoms with van der Waals surface area (Å²) >= 11 is 0. The van der Waals surface area contributed by atoms with Crippen molar-refractivity contribution in [1.82, 2.24) is 9.21 Å². The molecule has 6 nitrogen and oxygen atoms in total. The molecule has 1 aliphatic rings. The Balaban J connectivity index is 1.58. The molecule has 8 heteroatoms. The number of rotatable bonds is 5. The summed E-state index contributed by atoms with van der Waals surface area (Å²) in [6.45, 7) is 4.50. The van der Waals surface area contributed by atoms with Crippen LogP contribution in [0.3, 0.4) is 0 Å². The van der Waals surface area contributed by atoms with Crippen LogP contribution in [0, 0.1) is 19.7 Å². The summed E-state index contributed by atoms with van der Waals surface area (Å²) in [6.07, 6.45) is 0. The van der Waals surface area contributed by atoms with Gasteiger partial charge >= 0.3 is 0 Å². The molecule has 1 heterocycles. The Morgan fingerprint density at radius 2 is 1.79 bits per heavy atom. The van der Waals surface area contributed by atoms with Crippen LogP contribution in [0.2, 0.25) is 0 Å². The van der Waals surface area contributed by atoms with Crippen LogP contribution in [0.4, 0.5) is 4.39 Å². The molecule has 0 saturated carbocycles. The van der Waals surface area contributed by atoms with E-state index in [9.17, 15) is 17.6 Å². The zero-order valence-electron chi connectivity index (χ0n) is 15.9. The summed E-state index contributed by atoms with van der Waals surface area (Å²) in [6, 6.07) is 10.8. The number of amides is 1. The van der Waals surface area contributed by atoms with Crippen LogP contribution in [-0.2, 0) is 14.8 Å². The van der Waals surface area contributed by atoms with Crippen LogP contribution in [0.15, 0.2) is 47.4 Å². The van der Waals surface area contributed by atoms with Gasteiger partial charge in [-0.1, -0.05) is 23.8 Å². The van der Waals surface area contributed by atoms with Crippen molar-refractivity contribution < 1.29 is 22.3 Å². The van der Waals surface area contributed by atoms with E-state index < -0.39 is 15.8 Å². The Kier molecular flexibility index (Phi) is 6.00. The fraction of sp³-hybridized carbons (Fsp3) is 0.350. The summed E-state index contributed by atoms with van der Waals surface area (Å²) in [5, 5.41) is 0. The number of carbonyl (C=O) groups excluding carboxylic acids is 1. The molecule has 2 aromatic rings. The highest BCUT2D eigenvalue weighted by molar-refractivity contribution is 7.89. The number of carbonyl (C=O) groups is 1. The maximum Gasteiger partial charge on any atom is 0.260 e. The zero-order valence-corrected chi connectivity index (χ0v) is 16.7. The van der Waals surface area contributed by atoms with Gasteiger partial charge in [0.25, 0.3) is 5.91 Å². The molecule has 0 N–H and O–H groups in total. The van der Waals surface area contributed by atoms with Crippen LogP contribution >= 0.6 is 0 Å². The number of halogens is 1. The van der Waals surface area contributed by atoms with Gasteiger partial charge in [-0.05, 0) is 37.6 Å². The van der Waals surface area contributed by atoms with E-state index in [0.29, 0.717) is 10.5 Å². The number of benzene rings is 2. The van der Waals surface area contributed by atoms with Crippen LogP contribution in [0.25, 0.3) is 0 Å². The van der Waals surface area contributed by atoms with Crippen molar-refractivity contribution >= 4 is 15.9 Å². The molecule has 1 amide bonds. The van der Waals surface area contributed by atoms with Gasteiger partial charge in [-0.25, -0.2) is 12.8 Å². The molecule has 0 spiro atoms. The van der Waals surface area contributed by atoms with E-state index in [-0.39, 0.29) is 44.4 Å².